The summed E-state index contributed by atoms with van der Waals surface area (Å²) in [4.78, 5) is 25.9. The number of nitrogens with two attached hydrogens (primary N) is 1. The summed E-state index contributed by atoms with van der Waals surface area (Å²) in [5.41, 5.74) is 6.55. The third-order valence-corrected chi connectivity index (χ3v) is 3.98. The van der Waals surface area contributed by atoms with Gasteiger partial charge in [-0.3, -0.25) is 9.59 Å². The first-order valence-electron chi connectivity index (χ1n) is 7.04. The molecule has 21 heavy (non-hydrogen) atoms. The number of likely N-dealkylation sites (tertiary alicyclic amines) is 1. The second kappa shape index (κ2) is 6.80. The molecule has 0 aliphatic carbocycles. The summed E-state index contributed by atoms with van der Waals surface area (Å²) in [7, 11) is 0. The molecule has 0 saturated carbocycles. The Balaban J connectivity index is 2.02. The number of piperidine rings is 1. The highest BCUT2D eigenvalue weighted by molar-refractivity contribution is 6.34. The van der Waals surface area contributed by atoms with Gasteiger partial charge in [0.05, 0.1) is 23.1 Å². The van der Waals surface area contributed by atoms with Crippen LogP contribution in [-0.2, 0) is 9.53 Å². The van der Waals surface area contributed by atoms with Gasteiger partial charge in [0.2, 0.25) is 0 Å². The number of esters is 1. The largest absolute Gasteiger partial charge is 0.466 e. The molecule has 0 bridgehead atoms. The van der Waals surface area contributed by atoms with Gasteiger partial charge in [-0.15, -0.1) is 0 Å². The maximum absolute atomic E-state index is 12.5. The Bertz CT molecular complexity index is 519. The highest BCUT2D eigenvalue weighted by atomic mass is 35.5. The van der Waals surface area contributed by atoms with Crippen LogP contribution in [0.4, 0.5) is 5.69 Å². The Morgan fingerprint density at radius 1 is 1.38 bits per heavy atom. The second-order valence-corrected chi connectivity index (χ2v) is 5.43. The van der Waals surface area contributed by atoms with Crippen molar-refractivity contribution in [3.05, 3.63) is 28.8 Å². The third-order valence-electron chi connectivity index (χ3n) is 3.66. The van der Waals surface area contributed by atoms with Crippen molar-refractivity contribution in [2.45, 2.75) is 19.8 Å². The zero-order valence-corrected chi connectivity index (χ0v) is 12.7. The van der Waals surface area contributed by atoms with Crippen LogP contribution in [0.1, 0.15) is 30.1 Å². The van der Waals surface area contributed by atoms with Crippen molar-refractivity contribution in [3.63, 3.8) is 0 Å². The van der Waals surface area contributed by atoms with Crippen molar-refractivity contribution < 1.29 is 14.3 Å². The fourth-order valence-corrected chi connectivity index (χ4v) is 2.77. The molecule has 1 aromatic rings. The van der Waals surface area contributed by atoms with Gasteiger partial charge in [0.1, 0.15) is 0 Å². The van der Waals surface area contributed by atoms with Crippen LogP contribution in [0.3, 0.4) is 0 Å². The number of benzene rings is 1. The normalized spacial score (nSPS) is 15.8. The smallest absolute Gasteiger partial charge is 0.309 e. The van der Waals surface area contributed by atoms with Crippen LogP contribution in [0, 0.1) is 5.92 Å². The van der Waals surface area contributed by atoms with E-state index < -0.39 is 0 Å². The number of hydrogen-bond donors (Lipinski definition) is 1. The average molecular weight is 311 g/mol. The molecule has 0 spiro atoms. The molecule has 0 radical (unpaired) electrons. The van der Waals surface area contributed by atoms with E-state index in [0.29, 0.717) is 48.8 Å². The summed E-state index contributed by atoms with van der Waals surface area (Å²) in [6.07, 6.45) is 1.21. The van der Waals surface area contributed by atoms with Gasteiger partial charge in [-0.05, 0) is 31.9 Å². The van der Waals surface area contributed by atoms with Gasteiger partial charge < -0.3 is 15.4 Å². The molecular formula is C15H19ClN2O3. The van der Waals surface area contributed by atoms with Gasteiger partial charge in [-0.1, -0.05) is 17.7 Å². The number of ether oxygens (including phenoxy) is 1. The summed E-state index contributed by atoms with van der Waals surface area (Å²) in [5, 5.41) is 0.354. The van der Waals surface area contributed by atoms with Crippen LogP contribution < -0.4 is 5.73 Å². The molecule has 1 aliphatic heterocycles. The van der Waals surface area contributed by atoms with E-state index in [4.69, 9.17) is 22.1 Å². The summed E-state index contributed by atoms with van der Waals surface area (Å²) >= 11 is 6.06. The third kappa shape index (κ3) is 3.47. The number of amides is 1. The predicted molar refractivity (Wildman–Crippen MR) is 81.1 cm³/mol. The summed E-state index contributed by atoms with van der Waals surface area (Å²) in [6.45, 7) is 3.19. The van der Waals surface area contributed by atoms with E-state index >= 15 is 0 Å². The predicted octanol–water partition coefficient (Wildman–Crippen LogP) is 2.34. The summed E-state index contributed by atoms with van der Waals surface area (Å²) in [6, 6.07) is 5.02. The number of hydrogen-bond acceptors (Lipinski definition) is 4. The number of carbonyl (C=O) groups is 2. The highest BCUT2D eigenvalue weighted by Crippen LogP contribution is 2.26. The maximum Gasteiger partial charge on any atom is 0.309 e. The zero-order chi connectivity index (χ0) is 15.4. The van der Waals surface area contributed by atoms with E-state index in [0.717, 1.165) is 0 Å². The van der Waals surface area contributed by atoms with Gasteiger partial charge in [0, 0.05) is 18.8 Å². The lowest BCUT2D eigenvalue weighted by Crippen LogP contribution is -2.41. The molecule has 5 nitrogen and oxygen atoms in total. The van der Waals surface area contributed by atoms with Crippen LogP contribution >= 0.6 is 11.6 Å². The molecule has 1 heterocycles. The lowest BCUT2D eigenvalue weighted by molar-refractivity contribution is -0.149. The first kappa shape index (κ1) is 15.6. The fraction of sp³-hybridized carbons (Fsp3) is 0.467. The molecule has 1 amide bonds. The van der Waals surface area contributed by atoms with Crippen molar-refractivity contribution >= 4 is 29.2 Å². The molecule has 6 heteroatoms. The quantitative estimate of drug-likeness (QED) is 0.687. The Kier molecular flexibility index (Phi) is 5.07. The number of nitrogens with zero attached hydrogens (tertiary/aromatic N) is 1. The van der Waals surface area contributed by atoms with Crippen molar-refractivity contribution in [3.8, 4) is 0 Å². The minimum atomic E-state index is -0.180. The lowest BCUT2D eigenvalue weighted by atomic mass is 9.96. The van der Waals surface area contributed by atoms with Gasteiger partial charge in [0.15, 0.2) is 0 Å². The molecule has 1 aliphatic rings. The minimum Gasteiger partial charge on any atom is -0.466 e. The van der Waals surface area contributed by atoms with E-state index in [-0.39, 0.29) is 17.8 Å². The Morgan fingerprint density at radius 2 is 2.05 bits per heavy atom. The van der Waals surface area contributed by atoms with Crippen LogP contribution in [0.15, 0.2) is 18.2 Å². The van der Waals surface area contributed by atoms with E-state index in [2.05, 4.69) is 0 Å². The first-order chi connectivity index (χ1) is 10.0. The van der Waals surface area contributed by atoms with Crippen LogP contribution in [-0.4, -0.2) is 36.5 Å². The monoisotopic (exact) mass is 310 g/mol. The number of nitrogen functional groups attached to an aromatic ring is 1. The summed E-state index contributed by atoms with van der Waals surface area (Å²) < 4.78 is 5.02. The van der Waals surface area contributed by atoms with Crippen molar-refractivity contribution in [2.75, 3.05) is 25.4 Å². The van der Waals surface area contributed by atoms with Crippen molar-refractivity contribution in [2.24, 2.45) is 5.92 Å². The zero-order valence-electron chi connectivity index (χ0n) is 12.0. The molecule has 1 aromatic carbocycles. The van der Waals surface area contributed by atoms with Crippen molar-refractivity contribution in [1.29, 1.82) is 0 Å². The summed E-state index contributed by atoms with van der Waals surface area (Å²) in [5.74, 6) is -0.486. The van der Waals surface area contributed by atoms with Crippen molar-refractivity contribution in [1.82, 2.24) is 4.90 Å². The highest BCUT2D eigenvalue weighted by Gasteiger charge is 2.29. The first-order valence-corrected chi connectivity index (χ1v) is 7.42. The van der Waals surface area contributed by atoms with E-state index in [9.17, 15) is 9.59 Å². The molecule has 0 unspecified atom stereocenters. The maximum atomic E-state index is 12.5. The minimum absolute atomic E-state index is 0.127. The molecule has 1 saturated heterocycles. The Hall–Kier alpha value is -1.75. The number of carbonyl (C=O) groups excluding carboxylic acids is 2. The Labute approximate surface area is 129 Å². The van der Waals surface area contributed by atoms with Crippen LogP contribution in [0.5, 0.6) is 0 Å². The van der Waals surface area contributed by atoms with Crippen LogP contribution in [0.2, 0.25) is 5.02 Å². The fourth-order valence-electron chi connectivity index (χ4n) is 2.50. The molecule has 0 aromatic heterocycles. The van der Waals surface area contributed by atoms with E-state index in [1.165, 1.54) is 0 Å². The number of anilines is 1. The molecular weight excluding hydrogens is 292 g/mol. The van der Waals surface area contributed by atoms with Gasteiger partial charge in [-0.25, -0.2) is 0 Å². The van der Waals surface area contributed by atoms with E-state index in [1.807, 2.05) is 0 Å². The second-order valence-electron chi connectivity index (χ2n) is 5.02. The SMILES string of the molecule is CCOC(=O)C1CCN(C(=O)c2c(N)cccc2Cl)CC1. The molecule has 0 atom stereocenters. The Morgan fingerprint density at radius 3 is 2.62 bits per heavy atom. The van der Waals surface area contributed by atoms with Gasteiger partial charge >= 0.3 is 5.97 Å². The van der Waals surface area contributed by atoms with Gasteiger partial charge in [0.25, 0.3) is 5.91 Å². The average Bonchev–Trinajstić information content (AvgIpc) is 2.47. The van der Waals surface area contributed by atoms with Crippen LogP contribution in [0.25, 0.3) is 0 Å². The standard InChI is InChI=1S/C15H19ClN2O3/c1-2-21-15(20)10-6-8-18(9-7-10)14(19)13-11(16)4-3-5-12(13)17/h3-5,10H,2,6-9,17H2,1H3. The molecule has 1 fully saturated rings. The molecule has 2 rings (SSSR count). The number of rotatable bonds is 3. The van der Waals surface area contributed by atoms with Gasteiger partial charge in [-0.2, -0.15) is 0 Å². The topological polar surface area (TPSA) is 72.6 Å². The lowest BCUT2D eigenvalue weighted by Gasteiger charge is -2.31. The van der Waals surface area contributed by atoms with E-state index in [1.54, 1.807) is 30.0 Å². The molecule has 2 N–H and O–H groups in total. The number of halogens is 1. The molecule has 114 valence electrons.